The number of aryl methyl sites for hydroxylation is 1. The van der Waals surface area contributed by atoms with E-state index in [1.54, 1.807) is 0 Å². The number of carbonyl (C=O) groups is 2. The molecule has 7 heteroatoms. The van der Waals surface area contributed by atoms with Crippen molar-refractivity contribution in [2.75, 3.05) is 11.9 Å². The quantitative estimate of drug-likeness (QED) is 0.808. The lowest BCUT2D eigenvalue weighted by Gasteiger charge is -2.58. The topological polar surface area (TPSA) is 93.2 Å². The van der Waals surface area contributed by atoms with Gasteiger partial charge in [-0.25, -0.2) is 0 Å². The highest BCUT2D eigenvalue weighted by Crippen LogP contribution is 2.59. The van der Waals surface area contributed by atoms with E-state index in [1.165, 1.54) is 19.3 Å². The van der Waals surface area contributed by atoms with Crippen LogP contribution >= 0.6 is 0 Å². The van der Waals surface area contributed by atoms with E-state index in [9.17, 15) is 9.59 Å². The molecule has 1 heterocycles. The van der Waals surface area contributed by atoms with Crippen molar-refractivity contribution in [2.24, 2.45) is 36.0 Å². The van der Waals surface area contributed by atoms with Crippen LogP contribution in [-0.4, -0.2) is 40.7 Å². The zero-order valence-electron chi connectivity index (χ0n) is 16.9. The van der Waals surface area contributed by atoms with Crippen molar-refractivity contribution in [3.63, 3.8) is 0 Å². The summed E-state index contributed by atoms with van der Waals surface area (Å²) < 4.78 is 1.81. The van der Waals surface area contributed by atoms with Gasteiger partial charge < -0.3 is 16.0 Å². The first-order valence-corrected chi connectivity index (χ1v) is 10.7. The molecule has 0 aliphatic heterocycles. The number of nitrogens with zero attached hydrogens (tertiary/aromatic N) is 3. The van der Waals surface area contributed by atoms with Gasteiger partial charge in [0, 0.05) is 37.7 Å². The van der Waals surface area contributed by atoms with Gasteiger partial charge in [0.05, 0.1) is 0 Å². The number of amides is 2. The van der Waals surface area contributed by atoms with Gasteiger partial charge >= 0.3 is 0 Å². The highest BCUT2D eigenvalue weighted by molar-refractivity contribution is 5.93. The lowest BCUT2D eigenvalue weighted by molar-refractivity contribution is -0.145. The van der Waals surface area contributed by atoms with Crippen LogP contribution in [-0.2, 0) is 11.8 Å². The second-order valence-electron chi connectivity index (χ2n) is 9.82. The molecule has 0 aromatic carbocycles. The number of anilines is 1. The van der Waals surface area contributed by atoms with Crippen LogP contribution in [0.4, 0.5) is 5.82 Å². The minimum absolute atomic E-state index is 0.0885. The van der Waals surface area contributed by atoms with Crippen LogP contribution in [0.3, 0.4) is 0 Å². The third-order valence-corrected chi connectivity index (χ3v) is 8.17. The fraction of sp³-hybridized carbons (Fsp3) is 0.762. The molecule has 0 radical (unpaired) electrons. The molecule has 1 aromatic heterocycles. The molecule has 2 unspecified atom stereocenters. The van der Waals surface area contributed by atoms with Crippen LogP contribution in [0.5, 0.6) is 0 Å². The van der Waals surface area contributed by atoms with Crippen molar-refractivity contribution in [1.82, 2.24) is 15.1 Å². The van der Waals surface area contributed by atoms with Gasteiger partial charge in [0.2, 0.25) is 5.91 Å². The Labute approximate surface area is 166 Å². The molecule has 2 amide bonds. The van der Waals surface area contributed by atoms with Crippen LogP contribution in [0.2, 0.25) is 0 Å². The SMILES string of the molecule is CN(c1cc(C(=O)N[C@H]2C3CC4CC2C[C@](C(N)=O)(C4)C3)nn1C)C1CCC1. The average Bonchev–Trinajstić information content (AvgIpc) is 2.97. The number of carbonyl (C=O) groups excluding carboxylic acids is 2. The first-order valence-electron chi connectivity index (χ1n) is 10.7. The van der Waals surface area contributed by atoms with Crippen LogP contribution in [0.15, 0.2) is 6.07 Å². The standard InChI is InChI=1S/C21H31N5O2/c1-25(15-4-3-5-15)17-8-16(24-26(17)2)19(27)23-18-13-6-12-7-14(18)11-21(9-12,10-13)20(22)28/h8,12-15,18H,3-7,9-11H2,1-2H3,(H2,22,28)(H,23,27)/t12?,13?,14?,18-,21-. The summed E-state index contributed by atoms with van der Waals surface area (Å²) in [5.41, 5.74) is 5.94. The first kappa shape index (κ1) is 18.0. The molecule has 2 atom stereocenters. The van der Waals surface area contributed by atoms with Gasteiger partial charge in [-0.05, 0) is 69.1 Å². The molecule has 5 aliphatic rings. The van der Waals surface area contributed by atoms with Crippen molar-refractivity contribution >= 4 is 17.6 Å². The monoisotopic (exact) mass is 385 g/mol. The van der Waals surface area contributed by atoms with Crippen molar-refractivity contribution in [3.8, 4) is 0 Å². The molecule has 1 aromatic rings. The molecule has 28 heavy (non-hydrogen) atoms. The third-order valence-electron chi connectivity index (χ3n) is 8.17. The normalized spacial score (nSPS) is 36.2. The number of rotatable bonds is 5. The predicted octanol–water partition coefficient (Wildman–Crippen LogP) is 1.82. The Kier molecular flexibility index (Phi) is 4.00. The van der Waals surface area contributed by atoms with Gasteiger partial charge in [0.1, 0.15) is 5.82 Å². The second kappa shape index (κ2) is 6.22. The lowest BCUT2D eigenvalue weighted by Crippen LogP contribution is -2.62. The maximum absolute atomic E-state index is 13.0. The first-order chi connectivity index (χ1) is 13.4. The molecular formula is C21H31N5O2. The van der Waals surface area contributed by atoms with Crippen LogP contribution in [0.1, 0.15) is 61.9 Å². The summed E-state index contributed by atoms with van der Waals surface area (Å²) in [4.78, 5) is 27.3. The molecule has 5 aliphatic carbocycles. The lowest BCUT2D eigenvalue weighted by atomic mass is 9.47. The summed E-state index contributed by atoms with van der Waals surface area (Å²) in [5, 5.41) is 7.77. The number of aromatic nitrogens is 2. The van der Waals surface area contributed by atoms with Crippen molar-refractivity contribution in [3.05, 3.63) is 11.8 Å². The molecule has 0 spiro atoms. The Morgan fingerprint density at radius 3 is 2.50 bits per heavy atom. The molecule has 5 saturated carbocycles. The minimum Gasteiger partial charge on any atom is -0.369 e. The van der Waals surface area contributed by atoms with Crippen LogP contribution in [0, 0.1) is 23.2 Å². The van der Waals surface area contributed by atoms with Gasteiger partial charge in [-0.3, -0.25) is 14.3 Å². The fourth-order valence-electron chi connectivity index (χ4n) is 6.65. The molecule has 7 nitrogen and oxygen atoms in total. The van der Waals surface area contributed by atoms with E-state index in [2.05, 4.69) is 22.4 Å². The van der Waals surface area contributed by atoms with E-state index in [1.807, 2.05) is 17.8 Å². The Hall–Kier alpha value is -2.05. The number of nitrogens with two attached hydrogens (primary N) is 1. The molecule has 3 N–H and O–H groups in total. The van der Waals surface area contributed by atoms with Gasteiger partial charge in [-0.1, -0.05) is 0 Å². The largest absolute Gasteiger partial charge is 0.369 e. The molecule has 4 bridgehead atoms. The maximum atomic E-state index is 13.0. The Bertz CT molecular complexity index is 798. The predicted molar refractivity (Wildman–Crippen MR) is 106 cm³/mol. The number of hydrogen-bond acceptors (Lipinski definition) is 4. The Morgan fingerprint density at radius 2 is 1.93 bits per heavy atom. The van der Waals surface area contributed by atoms with E-state index >= 15 is 0 Å². The highest BCUT2D eigenvalue weighted by atomic mass is 16.2. The van der Waals surface area contributed by atoms with Crippen molar-refractivity contribution in [1.29, 1.82) is 0 Å². The zero-order chi connectivity index (χ0) is 19.6. The molecule has 5 fully saturated rings. The Morgan fingerprint density at radius 1 is 1.25 bits per heavy atom. The fourth-order valence-corrected chi connectivity index (χ4v) is 6.65. The van der Waals surface area contributed by atoms with E-state index in [4.69, 9.17) is 5.73 Å². The molecule has 6 rings (SSSR count). The summed E-state index contributed by atoms with van der Waals surface area (Å²) in [6.07, 6.45) is 8.51. The van der Waals surface area contributed by atoms with E-state index in [-0.39, 0.29) is 23.3 Å². The third kappa shape index (κ3) is 2.65. The van der Waals surface area contributed by atoms with Crippen LogP contribution in [0.25, 0.3) is 0 Å². The van der Waals surface area contributed by atoms with Crippen molar-refractivity contribution in [2.45, 2.75) is 63.5 Å². The molecule has 152 valence electrons. The van der Waals surface area contributed by atoms with E-state index in [0.717, 1.165) is 37.9 Å². The zero-order valence-corrected chi connectivity index (χ0v) is 16.9. The van der Waals surface area contributed by atoms with E-state index in [0.29, 0.717) is 29.5 Å². The Balaban J connectivity index is 1.31. The molecule has 0 saturated heterocycles. The van der Waals surface area contributed by atoms with Gasteiger partial charge in [0.15, 0.2) is 5.69 Å². The summed E-state index contributed by atoms with van der Waals surface area (Å²) in [7, 11) is 3.99. The summed E-state index contributed by atoms with van der Waals surface area (Å²) in [6, 6.07) is 2.61. The summed E-state index contributed by atoms with van der Waals surface area (Å²) >= 11 is 0. The smallest absolute Gasteiger partial charge is 0.272 e. The summed E-state index contributed by atoms with van der Waals surface area (Å²) in [5.74, 6) is 2.09. The van der Waals surface area contributed by atoms with Gasteiger partial charge in [-0.2, -0.15) is 5.10 Å². The number of nitrogens with one attached hydrogen (secondary N) is 1. The number of hydrogen-bond donors (Lipinski definition) is 2. The van der Waals surface area contributed by atoms with Crippen LogP contribution < -0.4 is 16.0 Å². The number of primary amides is 1. The van der Waals surface area contributed by atoms with Crippen molar-refractivity contribution < 1.29 is 9.59 Å². The van der Waals surface area contributed by atoms with E-state index < -0.39 is 0 Å². The molecular weight excluding hydrogens is 354 g/mol. The maximum Gasteiger partial charge on any atom is 0.272 e. The highest BCUT2D eigenvalue weighted by Gasteiger charge is 2.58. The summed E-state index contributed by atoms with van der Waals surface area (Å²) in [6.45, 7) is 0. The van der Waals surface area contributed by atoms with Gasteiger partial charge in [-0.15, -0.1) is 0 Å². The van der Waals surface area contributed by atoms with Gasteiger partial charge in [0.25, 0.3) is 5.91 Å². The second-order valence-corrected chi connectivity index (χ2v) is 9.82. The minimum atomic E-state index is -0.318. The average molecular weight is 386 g/mol.